The smallest absolute Gasteiger partial charge is 0.339 e. The highest BCUT2D eigenvalue weighted by atomic mass is 16.4. The van der Waals surface area contributed by atoms with Crippen molar-refractivity contribution < 1.29 is 24.6 Å². The maximum Gasteiger partial charge on any atom is 0.339 e. The number of rotatable bonds is 4. The Morgan fingerprint density at radius 3 is 1.31 bits per heavy atom. The zero-order chi connectivity index (χ0) is 18.9. The summed E-state index contributed by atoms with van der Waals surface area (Å²) in [4.78, 5) is 33.9. The number of aromatic carboxylic acids is 1. The minimum atomic E-state index is -1.11. The molecule has 26 heavy (non-hydrogen) atoms. The number of hydrogen-bond acceptors (Lipinski definition) is 4. The molecule has 0 aliphatic heterocycles. The van der Waals surface area contributed by atoms with Gasteiger partial charge >= 0.3 is 5.97 Å². The van der Waals surface area contributed by atoms with Gasteiger partial charge in [-0.1, -0.05) is 72.8 Å². The normalized spacial score (nSPS) is 9.54. The second-order valence-corrected chi connectivity index (χ2v) is 5.21. The third-order valence-electron chi connectivity index (χ3n) is 3.41. The molecule has 0 aromatic heterocycles. The van der Waals surface area contributed by atoms with Crippen molar-refractivity contribution in [2.75, 3.05) is 0 Å². The second-order valence-electron chi connectivity index (χ2n) is 5.21. The first-order chi connectivity index (χ1) is 12.5. The zero-order valence-electron chi connectivity index (χ0n) is 13.7. The van der Waals surface area contributed by atoms with Gasteiger partial charge in [0.15, 0.2) is 0 Å². The molecule has 0 heterocycles. The Morgan fingerprint density at radius 2 is 0.962 bits per heavy atom. The van der Waals surface area contributed by atoms with E-state index in [0.717, 1.165) is 0 Å². The Hall–Kier alpha value is -3.73. The molecule has 0 atom stereocenters. The molecule has 5 heteroatoms. The van der Waals surface area contributed by atoms with E-state index < -0.39 is 17.5 Å². The molecule has 0 unspecified atom stereocenters. The van der Waals surface area contributed by atoms with E-state index in [9.17, 15) is 14.4 Å². The summed E-state index contributed by atoms with van der Waals surface area (Å²) in [6, 6.07) is 23.0. The van der Waals surface area contributed by atoms with Crippen molar-refractivity contribution in [2.45, 2.75) is 0 Å². The van der Waals surface area contributed by atoms with E-state index in [1.807, 2.05) is 12.1 Å². The van der Waals surface area contributed by atoms with E-state index in [-0.39, 0.29) is 11.3 Å². The van der Waals surface area contributed by atoms with Gasteiger partial charge in [0.1, 0.15) is 11.3 Å². The average molecular weight is 348 g/mol. The Balaban J connectivity index is 0.000000209. The first kappa shape index (κ1) is 18.6. The topological polar surface area (TPSA) is 91.7 Å². The highest BCUT2D eigenvalue weighted by Gasteiger charge is 2.17. The van der Waals surface area contributed by atoms with Crippen molar-refractivity contribution in [1.29, 1.82) is 0 Å². The predicted molar refractivity (Wildman–Crippen MR) is 96.6 cm³/mol. The Morgan fingerprint density at radius 1 is 0.577 bits per heavy atom. The molecule has 0 amide bonds. The molecule has 0 bridgehead atoms. The fourth-order valence-electron chi connectivity index (χ4n) is 2.10. The molecule has 5 nitrogen and oxygen atoms in total. The number of benzene rings is 3. The van der Waals surface area contributed by atoms with Crippen LogP contribution in [0.25, 0.3) is 0 Å². The number of phenols is 1. The number of carboxylic acid groups (broad SMARTS) is 1. The van der Waals surface area contributed by atoms with Gasteiger partial charge in [0, 0.05) is 11.1 Å². The van der Waals surface area contributed by atoms with Crippen LogP contribution in [0, 0.1) is 0 Å². The molecule has 3 aromatic carbocycles. The molecule has 130 valence electrons. The summed E-state index contributed by atoms with van der Waals surface area (Å²) in [6.45, 7) is 0. The minimum absolute atomic E-state index is 0.0671. The van der Waals surface area contributed by atoms with Gasteiger partial charge in [-0.2, -0.15) is 0 Å². The van der Waals surface area contributed by atoms with Crippen LogP contribution in [-0.4, -0.2) is 27.7 Å². The summed E-state index contributed by atoms with van der Waals surface area (Å²) in [6.07, 6.45) is 0. The summed E-state index contributed by atoms with van der Waals surface area (Å²) in [5.41, 5.74) is 0.787. The van der Waals surface area contributed by atoms with Crippen molar-refractivity contribution in [3.63, 3.8) is 0 Å². The van der Waals surface area contributed by atoms with Crippen molar-refractivity contribution in [3.8, 4) is 5.75 Å². The minimum Gasteiger partial charge on any atom is -0.507 e. The van der Waals surface area contributed by atoms with Crippen LogP contribution in [0.1, 0.15) is 31.1 Å². The maximum atomic E-state index is 11.8. The maximum absolute atomic E-state index is 11.8. The number of carbonyl (C=O) groups is 3. The Labute approximate surface area is 150 Å². The van der Waals surface area contributed by atoms with Crippen LogP contribution in [0.2, 0.25) is 0 Å². The Bertz CT molecular complexity index is 852. The van der Waals surface area contributed by atoms with Gasteiger partial charge in [0.25, 0.3) is 0 Å². The van der Waals surface area contributed by atoms with Crippen molar-refractivity contribution in [3.05, 3.63) is 102 Å². The number of carboxylic acids is 1. The lowest BCUT2D eigenvalue weighted by Crippen LogP contribution is -2.14. The fourth-order valence-corrected chi connectivity index (χ4v) is 2.10. The molecule has 0 aliphatic rings. The third-order valence-corrected chi connectivity index (χ3v) is 3.41. The van der Waals surface area contributed by atoms with E-state index in [4.69, 9.17) is 10.2 Å². The Kier molecular flexibility index (Phi) is 6.40. The number of para-hydroxylation sites is 1. The molecule has 0 saturated carbocycles. The van der Waals surface area contributed by atoms with Gasteiger partial charge in [-0.25, -0.2) is 4.79 Å². The van der Waals surface area contributed by atoms with Crippen molar-refractivity contribution >= 4 is 17.5 Å². The summed E-state index contributed by atoms with van der Waals surface area (Å²) in [5.74, 6) is -2.24. The van der Waals surface area contributed by atoms with Crippen LogP contribution >= 0.6 is 0 Å². The lowest BCUT2D eigenvalue weighted by Gasteiger charge is -1.99. The predicted octanol–water partition coefficient (Wildman–Crippen LogP) is 3.84. The molecular weight excluding hydrogens is 332 g/mol. The van der Waals surface area contributed by atoms with Crippen LogP contribution in [0.15, 0.2) is 84.9 Å². The SMILES string of the molecule is O=C(C(=O)c1ccccc1)c1ccccc1.O=C(O)c1ccccc1O. The largest absolute Gasteiger partial charge is 0.507 e. The molecule has 0 spiro atoms. The summed E-state index contributed by atoms with van der Waals surface area (Å²) in [5, 5.41) is 17.3. The standard InChI is InChI=1S/C14H10O2.C7H6O3/c15-13(11-7-3-1-4-8-11)14(16)12-9-5-2-6-10-12;8-6-4-2-1-3-5(6)7(9)10/h1-10H;1-4,8H,(H,9,10). The lowest BCUT2D eigenvalue weighted by atomic mass is 10.0. The fraction of sp³-hybridized carbons (Fsp3) is 0. The zero-order valence-corrected chi connectivity index (χ0v) is 13.7. The summed E-state index contributed by atoms with van der Waals surface area (Å²) in [7, 11) is 0. The first-order valence-electron chi connectivity index (χ1n) is 7.71. The first-order valence-corrected chi connectivity index (χ1v) is 7.71. The van der Waals surface area contributed by atoms with Crippen molar-refractivity contribution in [2.24, 2.45) is 0 Å². The molecule has 0 saturated heterocycles. The van der Waals surface area contributed by atoms with Crippen LogP contribution in [0.5, 0.6) is 5.75 Å². The van der Waals surface area contributed by atoms with E-state index >= 15 is 0 Å². The molecule has 0 fully saturated rings. The van der Waals surface area contributed by atoms with E-state index in [0.29, 0.717) is 11.1 Å². The van der Waals surface area contributed by atoms with Crippen LogP contribution in [0.4, 0.5) is 0 Å². The second kappa shape index (κ2) is 8.94. The molecule has 0 aliphatic carbocycles. The van der Waals surface area contributed by atoms with Gasteiger partial charge in [0.05, 0.1) is 0 Å². The van der Waals surface area contributed by atoms with Crippen LogP contribution in [0.3, 0.4) is 0 Å². The van der Waals surface area contributed by atoms with Crippen LogP contribution < -0.4 is 0 Å². The quantitative estimate of drug-likeness (QED) is 0.552. The van der Waals surface area contributed by atoms with Crippen LogP contribution in [-0.2, 0) is 0 Å². The highest BCUT2D eigenvalue weighted by molar-refractivity contribution is 6.49. The van der Waals surface area contributed by atoms with Gasteiger partial charge in [0.2, 0.25) is 11.6 Å². The third kappa shape index (κ3) is 4.88. The number of Topliss-reactive ketones (excluding diaryl/α,β-unsaturated/α-hetero) is 2. The molecule has 0 radical (unpaired) electrons. The van der Waals surface area contributed by atoms with Gasteiger partial charge in [-0.05, 0) is 12.1 Å². The summed E-state index contributed by atoms with van der Waals surface area (Å²) >= 11 is 0. The summed E-state index contributed by atoms with van der Waals surface area (Å²) < 4.78 is 0. The molecular formula is C21H16O5. The number of ketones is 2. The van der Waals surface area contributed by atoms with Gasteiger partial charge < -0.3 is 10.2 Å². The van der Waals surface area contributed by atoms with Gasteiger partial charge in [-0.3, -0.25) is 9.59 Å². The highest BCUT2D eigenvalue weighted by Crippen LogP contribution is 2.14. The molecule has 3 rings (SSSR count). The molecule has 2 N–H and O–H groups in total. The monoisotopic (exact) mass is 348 g/mol. The molecule has 3 aromatic rings. The van der Waals surface area contributed by atoms with E-state index in [2.05, 4.69) is 0 Å². The number of aromatic hydroxyl groups is 1. The van der Waals surface area contributed by atoms with Crippen molar-refractivity contribution in [1.82, 2.24) is 0 Å². The van der Waals surface area contributed by atoms with E-state index in [1.54, 1.807) is 60.7 Å². The van der Waals surface area contributed by atoms with Gasteiger partial charge in [-0.15, -0.1) is 0 Å². The number of carbonyl (C=O) groups excluding carboxylic acids is 2. The average Bonchev–Trinajstić information content (AvgIpc) is 2.69. The number of hydrogen-bond donors (Lipinski definition) is 2. The van der Waals surface area contributed by atoms with E-state index in [1.165, 1.54) is 12.1 Å². The lowest BCUT2D eigenvalue weighted by molar-refractivity contribution is 0.0693.